The van der Waals surface area contributed by atoms with Gasteiger partial charge in [-0.05, 0) is 32.4 Å². The van der Waals surface area contributed by atoms with Gasteiger partial charge in [0.15, 0.2) is 0 Å². The first-order valence-corrected chi connectivity index (χ1v) is 8.66. The highest BCUT2D eigenvalue weighted by molar-refractivity contribution is 5.97. The van der Waals surface area contributed by atoms with Crippen LogP contribution in [-0.2, 0) is 6.42 Å². The van der Waals surface area contributed by atoms with Gasteiger partial charge in [-0.1, -0.05) is 17.3 Å². The topological polar surface area (TPSA) is 58.8 Å². The van der Waals surface area contributed by atoms with Crippen LogP contribution in [0.25, 0.3) is 0 Å². The van der Waals surface area contributed by atoms with E-state index in [9.17, 15) is 4.79 Å². The third kappa shape index (κ3) is 3.85. The molecule has 134 valence electrons. The van der Waals surface area contributed by atoms with Gasteiger partial charge in [0.2, 0.25) is 0 Å². The Morgan fingerprint density at radius 2 is 1.92 bits per heavy atom. The molecule has 0 radical (unpaired) electrons. The first-order valence-electron chi connectivity index (χ1n) is 8.66. The number of benzene rings is 1. The molecule has 2 heterocycles. The number of carbonyl (C=O) groups excluding carboxylic acids is 1. The summed E-state index contributed by atoms with van der Waals surface area (Å²) in [5.41, 5.74) is 2.81. The van der Waals surface area contributed by atoms with Gasteiger partial charge < -0.3 is 14.2 Å². The molecule has 0 spiro atoms. The summed E-state index contributed by atoms with van der Waals surface area (Å²) in [5.74, 6) is 1.58. The predicted octanol–water partition coefficient (Wildman–Crippen LogP) is 2.30. The number of carbonyl (C=O) groups is 1. The van der Waals surface area contributed by atoms with Gasteiger partial charge in [-0.15, -0.1) is 0 Å². The monoisotopic (exact) mass is 343 g/mol. The summed E-state index contributed by atoms with van der Waals surface area (Å²) in [4.78, 5) is 17.0. The molecule has 1 amide bonds. The van der Waals surface area contributed by atoms with Crippen molar-refractivity contribution in [2.24, 2.45) is 0 Å². The van der Waals surface area contributed by atoms with E-state index < -0.39 is 0 Å². The molecule has 0 atom stereocenters. The standard InChI is InChI=1S/C19H25N3O3/c1-14-16(15(2)25-20-14)8-9-21-10-12-22(13-11-21)19(23)17-6-4-5-7-18(17)24-3/h4-7H,8-13H2,1-3H3. The minimum absolute atomic E-state index is 0.0443. The van der Waals surface area contributed by atoms with Crippen LogP contribution in [0.1, 0.15) is 27.4 Å². The Bertz CT molecular complexity index is 714. The summed E-state index contributed by atoms with van der Waals surface area (Å²) in [6, 6.07) is 7.40. The normalized spacial score (nSPS) is 15.4. The van der Waals surface area contributed by atoms with Gasteiger partial charge in [0, 0.05) is 38.3 Å². The lowest BCUT2D eigenvalue weighted by molar-refractivity contribution is 0.0635. The third-order valence-electron chi connectivity index (χ3n) is 4.86. The minimum Gasteiger partial charge on any atom is -0.496 e. The third-order valence-corrected chi connectivity index (χ3v) is 4.86. The Kier molecular flexibility index (Phi) is 5.38. The molecule has 1 aromatic carbocycles. The van der Waals surface area contributed by atoms with E-state index >= 15 is 0 Å². The van der Waals surface area contributed by atoms with Crippen molar-refractivity contribution < 1.29 is 14.1 Å². The van der Waals surface area contributed by atoms with Gasteiger partial charge in [-0.25, -0.2) is 0 Å². The maximum absolute atomic E-state index is 12.7. The molecule has 25 heavy (non-hydrogen) atoms. The molecular formula is C19H25N3O3. The van der Waals surface area contributed by atoms with Crippen LogP contribution in [0, 0.1) is 13.8 Å². The zero-order valence-electron chi connectivity index (χ0n) is 15.1. The van der Waals surface area contributed by atoms with E-state index in [1.165, 1.54) is 5.56 Å². The van der Waals surface area contributed by atoms with Crippen LogP contribution in [0.3, 0.4) is 0 Å². The summed E-state index contributed by atoms with van der Waals surface area (Å²) in [5, 5.41) is 4.01. The average molecular weight is 343 g/mol. The molecule has 0 aliphatic carbocycles. The molecule has 2 aromatic rings. The number of rotatable bonds is 5. The van der Waals surface area contributed by atoms with Crippen LogP contribution in [0.4, 0.5) is 0 Å². The van der Waals surface area contributed by atoms with Crippen molar-refractivity contribution in [3.8, 4) is 5.75 Å². The van der Waals surface area contributed by atoms with Crippen molar-refractivity contribution in [2.75, 3.05) is 39.8 Å². The fraction of sp³-hybridized carbons (Fsp3) is 0.474. The highest BCUT2D eigenvalue weighted by atomic mass is 16.5. The summed E-state index contributed by atoms with van der Waals surface area (Å²) >= 11 is 0. The van der Waals surface area contributed by atoms with Crippen molar-refractivity contribution >= 4 is 5.91 Å². The van der Waals surface area contributed by atoms with Crippen LogP contribution >= 0.6 is 0 Å². The Morgan fingerprint density at radius 1 is 1.20 bits per heavy atom. The van der Waals surface area contributed by atoms with E-state index in [4.69, 9.17) is 9.26 Å². The molecule has 0 bridgehead atoms. The molecule has 0 N–H and O–H groups in total. The van der Waals surface area contributed by atoms with E-state index in [2.05, 4.69) is 10.1 Å². The summed E-state index contributed by atoms with van der Waals surface area (Å²) < 4.78 is 10.5. The second-order valence-corrected chi connectivity index (χ2v) is 6.39. The second kappa shape index (κ2) is 7.70. The zero-order chi connectivity index (χ0) is 17.8. The van der Waals surface area contributed by atoms with Gasteiger partial charge in [0.25, 0.3) is 5.91 Å². The molecule has 0 saturated carbocycles. The molecule has 0 unspecified atom stereocenters. The van der Waals surface area contributed by atoms with E-state index in [0.717, 1.165) is 50.6 Å². The largest absolute Gasteiger partial charge is 0.496 e. The number of ether oxygens (including phenoxy) is 1. The minimum atomic E-state index is 0.0443. The summed E-state index contributed by atoms with van der Waals surface area (Å²) in [6.07, 6.45) is 0.932. The lowest BCUT2D eigenvalue weighted by Gasteiger charge is -2.35. The molecule has 1 fully saturated rings. The zero-order valence-corrected chi connectivity index (χ0v) is 15.1. The van der Waals surface area contributed by atoms with Crippen molar-refractivity contribution in [2.45, 2.75) is 20.3 Å². The van der Waals surface area contributed by atoms with E-state index in [1.54, 1.807) is 7.11 Å². The maximum Gasteiger partial charge on any atom is 0.257 e. The molecule has 3 rings (SSSR count). The van der Waals surface area contributed by atoms with Crippen molar-refractivity contribution in [1.29, 1.82) is 0 Å². The molecule has 6 nitrogen and oxygen atoms in total. The van der Waals surface area contributed by atoms with Gasteiger partial charge in [-0.2, -0.15) is 0 Å². The highest BCUT2D eigenvalue weighted by Crippen LogP contribution is 2.20. The smallest absolute Gasteiger partial charge is 0.257 e. The summed E-state index contributed by atoms with van der Waals surface area (Å²) in [7, 11) is 1.60. The quantitative estimate of drug-likeness (QED) is 0.834. The SMILES string of the molecule is COc1ccccc1C(=O)N1CCN(CCc2c(C)noc2C)CC1. The lowest BCUT2D eigenvalue weighted by atomic mass is 10.1. The number of aryl methyl sites for hydroxylation is 2. The molecule has 1 aliphatic rings. The lowest BCUT2D eigenvalue weighted by Crippen LogP contribution is -2.49. The van der Waals surface area contributed by atoms with Crippen LogP contribution in [0.15, 0.2) is 28.8 Å². The number of aromatic nitrogens is 1. The molecule has 6 heteroatoms. The van der Waals surface area contributed by atoms with Crippen molar-refractivity contribution in [3.05, 3.63) is 46.8 Å². The number of hydrogen-bond acceptors (Lipinski definition) is 5. The first-order chi connectivity index (χ1) is 12.1. The highest BCUT2D eigenvalue weighted by Gasteiger charge is 2.24. The van der Waals surface area contributed by atoms with E-state index in [1.807, 2.05) is 43.0 Å². The van der Waals surface area contributed by atoms with Crippen molar-refractivity contribution in [3.63, 3.8) is 0 Å². The number of para-hydroxylation sites is 1. The van der Waals surface area contributed by atoms with Crippen LogP contribution in [-0.4, -0.2) is 60.7 Å². The molecule has 1 saturated heterocycles. The Balaban J connectivity index is 1.54. The summed E-state index contributed by atoms with van der Waals surface area (Å²) in [6.45, 7) is 8.12. The number of amides is 1. The molecule has 1 aliphatic heterocycles. The van der Waals surface area contributed by atoms with Gasteiger partial charge >= 0.3 is 0 Å². The second-order valence-electron chi connectivity index (χ2n) is 6.39. The maximum atomic E-state index is 12.7. The Hall–Kier alpha value is -2.34. The van der Waals surface area contributed by atoms with Crippen LogP contribution < -0.4 is 4.74 Å². The first kappa shape index (κ1) is 17.5. The fourth-order valence-corrected chi connectivity index (χ4v) is 3.29. The van der Waals surface area contributed by atoms with Crippen LogP contribution in [0.2, 0.25) is 0 Å². The number of piperazine rings is 1. The Morgan fingerprint density at radius 3 is 2.56 bits per heavy atom. The van der Waals surface area contributed by atoms with E-state index in [0.29, 0.717) is 11.3 Å². The van der Waals surface area contributed by atoms with E-state index in [-0.39, 0.29) is 5.91 Å². The fourth-order valence-electron chi connectivity index (χ4n) is 3.29. The van der Waals surface area contributed by atoms with Crippen LogP contribution in [0.5, 0.6) is 5.75 Å². The van der Waals surface area contributed by atoms with Gasteiger partial charge in [0.05, 0.1) is 18.4 Å². The van der Waals surface area contributed by atoms with Crippen molar-refractivity contribution in [1.82, 2.24) is 15.0 Å². The predicted molar refractivity (Wildman–Crippen MR) is 95.0 cm³/mol. The Labute approximate surface area is 148 Å². The van der Waals surface area contributed by atoms with Gasteiger partial charge in [0.1, 0.15) is 11.5 Å². The number of methoxy groups -OCH3 is 1. The molecular weight excluding hydrogens is 318 g/mol. The molecule has 1 aromatic heterocycles. The van der Waals surface area contributed by atoms with Gasteiger partial charge in [-0.3, -0.25) is 9.69 Å². The number of hydrogen-bond donors (Lipinski definition) is 0. The average Bonchev–Trinajstić information content (AvgIpc) is 2.97. The number of nitrogens with zero attached hydrogens (tertiary/aromatic N) is 3.